The molecule has 1 aromatic carbocycles. The number of alkyl halides is 3. The van der Waals surface area contributed by atoms with E-state index in [0.717, 1.165) is 17.3 Å². The number of halogens is 4. The van der Waals surface area contributed by atoms with Crippen molar-refractivity contribution in [2.75, 3.05) is 57.7 Å². The molecular formula is C30H33ClF3N11O2. The predicted molar refractivity (Wildman–Crippen MR) is 168 cm³/mol. The first kappa shape index (κ1) is 33.6. The van der Waals surface area contributed by atoms with Crippen LogP contribution in [0, 0.1) is 11.3 Å². The molecule has 3 aromatic heterocycles. The van der Waals surface area contributed by atoms with Crippen molar-refractivity contribution < 1.29 is 22.8 Å². The summed E-state index contributed by atoms with van der Waals surface area (Å²) in [6, 6.07) is 6.59. The van der Waals surface area contributed by atoms with Gasteiger partial charge in [0.25, 0.3) is 5.91 Å². The molecule has 5 rings (SSSR count). The van der Waals surface area contributed by atoms with Crippen molar-refractivity contribution in [3.05, 3.63) is 59.3 Å². The van der Waals surface area contributed by atoms with Crippen LogP contribution in [0.25, 0.3) is 16.9 Å². The Morgan fingerprint density at radius 3 is 2.60 bits per heavy atom. The molecule has 17 heteroatoms. The number of nitrogens with zero attached hydrogens (tertiary/aromatic N) is 9. The van der Waals surface area contributed by atoms with Gasteiger partial charge in [0, 0.05) is 70.1 Å². The van der Waals surface area contributed by atoms with Gasteiger partial charge >= 0.3 is 6.18 Å². The summed E-state index contributed by atoms with van der Waals surface area (Å²) in [7, 11) is 0. The highest BCUT2D eigenvalue weighted by atomic mass is 35.5. The molecule has 1 fully saturated rings. The number of piperazine rings is 1. The number of fused-ring (bicyclic) bond motifs is 1. The Morgan fingerprint density at radius 2 is 1.94 bits per heavy atom. The Kier molecular flexibility index (Phi) is 10.3. The van der Waals surface area contributed by atoms with Crippen molar-refractivity contribution in [2.24, 2.45) is 5.73 Å². The molecule has 0 radical (unpaired) electrons. The van der Waals surface area contributed by atoms with E-state index < -0.39 is 11.9 Å². The Hall–Kier alpha value is -4.72. The highest BCUT2D eigenvalue weighted by Crippen LogP contribution is 2.37. The monoisotopic (exact) mass is 671 g/mol. The molecule has 47 heavy (non-hydrogen) atoms. The minimum Gasteiger partial charge on any atom is -0.340 e. The number of carbonyl (C=O) groups is 2. The largest absolute Gasteiger partial charge is 0.435 e. The van der Waals surface area contributed by atoms with Crippen molar-refractivity contribution >= 4 is 40.6 Å². The van der Waals surface area contributed by atoms with Crippen molar-refractivity contribution in [3.63, 3.8) is 0 Å². The Balaban J connectivity index is 1.27. The van der Waals surface area contributed by atoms with Crippen LogP contribution in [-0.4, -0.2) is 103 Å². The zero-order chi connectivity index (χ0) is 33.7. The van der Waals surface area contributed by atoms with E-state index in [1.165, 1.54) is 23.0 Å². The first-order valence-electron chi connectivity index (χ1n) is 14.9. The molecule has 3 N–H and O–H groups in total. The zero-order valence-electron chi connectivity index (χ0n) is 25.5. The smallest absolute Gasteiger partial charge is 0.340 e. The molecule has 2 amide bonds. The minimum atomic E-state index is -4.75. The molecule has 0 saturated carbocycles. The van der Waals surface area contributed by atoms with Gasteiger partial charge in [-0.15, -0.1) is 0 Å². The highest BCUT2D eigenvalue weighted by Gasteiger charge is 2.38. The molecule has 4 heterocycles. The molecule has 1 aliphatic heterocycles. The molecule has 0 unspecified atom stereocenters. The van der Waals surface area contributed by atoms with Gasteiger partial charge in [-0.05, 0) is 24.6 Å². The third kappa shape index (κ3) is 7.48. The number of anilines is 2. The third-order valence-corrected chi connectivity index (χ3v) is 8.01. The van der Waals surface area contributed by atoms with Gasteiger partial charge in [0.2, 0.25) is 5.91 Å². The number of nitrogens with two attached hydrogens (primary N) is 1. The van der Waals surface area contributed by atoms with E-state index in [0.29, 0.717) is 57.1 Å². The predicted octanol–water partition coefficient (Wildman–Crippen LogP) is 3.49. The lowest BCUT2D eigenvalue weighted by Gasteiger charge is -2.35. The molecular weight excluding hydrogens is 639 g/mol. The lowest BCUT2D eigenvalue weighted by atomic mass is 10.1. The van der Waals surface area contributed by atoms with Crippen LogP contribution in [0.5, 0.6) is 0 Å². The van der Waals surface area contributed by atoms with Gasteiger partial charge in [0.05, 0.1) is 40.7 Å². The average Bonchev–Trinajstić information content (AvgIpc) is 3.66. The topological polar surface area (TPSA) is 154 Å². The lowest BCUT2D eigenvalue weighted by molar-refractivity contribution is -0.141. The van der Waals surface area contributed by atoms with Crippen LogP contribution >= 0.6 is 11.6 Å². The first-order valence-corrected chi connectivity index (χ1v) is 15.3. The van der Waals surface area contributed by atoms with E-state index in [2.05, 4.69) is 20.4 Å². The number of imidazole rings is 1. The van der Waals surface area contributed by atoms with Crippen molar-refractivity contribution in [3.8, 4) is 17.3 Å². The normalized spacial score (nSPS) is 13.9. The second-order valence-corrected chi connectivity index (χ2v) is 11.3. The maximum Gasteiger partial charge on any atom is 0.435 e. The van der Waals surface area contributed by atoms with Gasteiger partial charge in [-0.25, -0.2) is 9.97 Å². The second kappa shape index (κ2) is 14.4. The van der Waals surface area contributed by atoms with Gasteiger partial charge in [0.1, 0.15) is 6.54 Å². The molecule has 13 nitrogen and oxygen atoms in total. The average molecular weight is 672 g/mol. The Morgan fingerprint density at radius 1 is 1.17 bits per heavy atom. The van der Waals surface area contributed by atoms with Crippen LogP contribution in [0.2, 0.25) is 5.02 Å². The standard InChI is InChI=1S/C30H33ClF3N11O2/c1-2-8-42(9-5-35)25(46)19-41-12-14-43(15-13-41)29(47)21-4-3-20(16-23(21)31)39-27-28-38-17-24(45(28)11-7-37-27)22-18-44(10-6-36)40-26(22)30(32,33)34/h3-4,7,11,16-18H,2,5,8-10,12-15,19,35H2,1H3,(H,37,39). The van der Waals surface area contributed by atoms with E-state index in [9.17, 15) is 22.8 Å². The lowest BCUT2D eigenvalue weighted by Crippen LogP contribution is -2.52. The first-order chi connectivity index (χ1) is 22.5. The number of rotatable bonds is 11. The molecule has 0 atom stereocenters. The number of hydrogen-bond donors (Lipinski definition) is 2. The molecule has 0 bridgehead atoms. The van der Waals surface area contributed by atoms with Crippen molar-refractivity contribution in [2.45, 2.75) is 26.1 Å². The fraction of sp³-hybridized carbons (Fsp3) is 0.400. The minimum absolute atomic E-state index is 0.0257. The second-order valence-electron chi connectivity index (χ2n) is 10.9. The Labute approximate surface area is 273 Å². The summed E-state index contributed by atoms with van der Waals surface area (Å²) in [5.41, 5.74) is 5.41. The number of hydrogen-bond acceptors (Lipinski definition) is 9. The van der Waals surface area contributed by atoms with E-state index in [1.54, 1.807) is 34.1 Å². The zero-order valence-corrected chi connectivity index (χ0v) is 26.3. The molecule has 248 valence electrons. The van der Waals surface area contributed by atoms with E-state index in [-0.39, 0.29) is 52.6 Å². The molecule has 1 aliphatic rings. The Bertz CT molecular complexity index is 1790. The van der Waals surface area contributed by atoms with E-state index in [1.807, 2.05) is 11.8 Å². The number of nitriles is 1. The van der Waals surface area contributed by atoms with Gasteiger partial charge in [-0.2, -0.15) is 23.5 Å². The van der Waals surface area contributed by atoms with E-state index in [4.69, 9.17) is 22.6 Å². The number of nitrogens with one attached hydrogen (secondary N) is 1. The fourth-order valence-corrected chi connectivity index (χ4v) is 5.70. The van der Waals surface area contributed by atoms with Crippen molar-refractivity contribution in [1.82, 2.24) is 38.8 Å². The van der Waals surface area contributed by atoms with Crippen LogP contribution in [0.4, 0.5) is 24.7 Å². The summed E-state index contributed by atoms with van der Waals surface area (Å²) in [5, 5.41) is 15.8. The van der Waals surface area contributed by atoms with Crippen LogP contribution in [0.1, 0.15) is 29.4 Å². The molecule has 4 aromatic rings. The van der Waals surface area contributed by atoms with Gasteiger partial charge in [0.15, 0.2) is 17.2 Å². The number of benzene rings is 1. The fourth-order valence-electron chi connectivity index (χ4n) is 5.44. The van der Waals surface area contributed by atoms with Crippen LogP contribution < -0.4 is 11.1 Å². The van der Waals surface area contributed by atoms with Crippen LogP contribution in [0.15, 0.2) is 43.0 Å². The van der Waals surface area contributed by atoms with Crippen LogP contribution in [-0.2, 0) is 17.5 Å². The number of amides is 2. The number of carbonyl (C=O) groups excluding carboxylic acids is 2. The molecule has 0 spiro atoms. The summed E-state index contributed by atoms with van der Waals surface area (Å²) in [5.74, 6) is 0.0260. The van der Waals surface area contributed by atoms with Crippen LogP contribution in [0.3, 0.4) is 0 Å². The quantitative estimate of drug-likeness (QED) is 0.244. The SMILES string of the molecule is CCCN(CCN)C(=O)CN1CCN(C(=O)c2ccc(Nc3nccn4c(-c5cn(CC#N)nc5C(F)(F)F)cnc34)cc2Cl)CC1. The summed E-state index contributed by atoms with van der Waals surface area (Å²) in [6.07, 6.45) is 1.40. The van der Waals surface area contributed by atoms with E-state index >= 15 is 0 Å². The maximum absolute atomic E-state index is 13.8. The molecule has 0 aliphatic carbocycles. The summed E-state index contributed by atoms with van der Waals surface area (Å²) in [4.78, 5) is 40.1. The summed E-state index contributed by atoms with van der Waals surface area (Å²) in [6.45, 7) is 5.48. The highest BCUT2D eigenvalue weighted by molar-refractivity contribution is 6.34. The van der Waals surface area contributed by atoms with Crippen molar-refractivity contribution in [1.29, 1.82) is 5.26 Å². The summed E-state index contributed by atoms with van der Waals surface area (Å²) >= 11 is 6.55. The van der Waals surface area contributed by atoms with Gasteiger partial charge in [-0.3, -0.25) is 23.6 Å². The van der Waals surface area contributed by atoms with Gasteiger partial charge < -0.3 is 20.9 Å². The molecule has 1 saturated heterocycles. The van der Waals surface area contributed by atoms with Gasteiger partial charge in [-0.1, -0.05) is 18.5 Å². The number of aromatic nitrogens is 5. The maximum atomic E-state index is 13.8. The summed E-state index contributed by atoms with van der Waals surface area (Å²) < 4.78 is 43.7. The third-order valence-electron chi connectivity index (χ3n) is 7.69.